The lowest BCUT2D eigenvalue weighted by Gasteiger charge is -2.07. The molecule has 0 radical (unpaired) electrons. The third-order valence-corrected chi connectivity index (χ3v) is 3.76. The Bertz CT molecular complexity index is 567. The molecule has 1 fully saturated rings. The molecule has 0 amide bonds. The summed E-state index contributed by atoms with van der Waals surface area (Å²) < 4.78 is 5.33. The molecule has 2 aromatic heterocycles. The Hall–Kier alpha value is -1.75. The zero-order valence-corrected chi connectivity index (χ0v) is 10.9. The molecule has 1 aliphatic carbocycles. The first kappa shape index (κ1) is 12.3. The van der Waals surface area contributed by atoms with Crippen molar-refractivity contribution < 1.29 is 9.63 Å². The first-order valence-corrected chi connectivity index (χ1v) is 6.74. The van der Waals surface area contributed by atoms with E-state index >= 15 is 0 Å². The molecule has 1 aliphatic rings. The fraction of sp³-hybridized carbons (Fsp3) is 0.500. The molecule has 19 heavy (non-hydrogen) atoms. The number of aromatic nitrogens is 3. The van der Waals surface area contributed by atoms with Gasteiger partial charge in [0.25, 0.3) is 0 Å². The van der Waals surface area contributed by atoms with E-state index in [1.165, 1.54) is 0 Å². The second-order valence-corrected chi connectivity index (χ2v) is 4.95. The maximum atomic E-state index is 9.89. The van der Waals surface area contributed by atoms with Crippen LogP contribution < -0.4 is 0 Å². The Kier molecular flexibility index (Phi) is 3.29. The van der Waals surface area contributed by atoms with Crippen LogP contribution in [0, 0.1) is 0 Å². The van der Waals surface area contributed by atoms with Gasteiger partial charge in [-0.1, -0.05) is 12.1 Å². The lowest BCUT2D eigenvalue weighted by atomic mass is 10.1. The molecule has 0 spiro atoms. The predicted octanol–water partition coefficient (Wildman–Crippen LogP) is 2.32. The number of hydrogen-bond acceptors (Lipinski definition) is 5. The zero-order valence-electron chi connectivity index (χ0n) is 10.9. The number of rotatable bonds is 3. The van der Waals surface area contributed by atoms with Crippen LogP contribution in [0.15, 0.2) is 23.0 Å². The molecule has 2 atom stereocenters. The Morgan fingerprint density at radius 2 is 2.32 bits per heavy atom. The highest BCUT2D eigenvalue weighted by Gasteiger charge is 2.31. The van der Waals surface area contributed by atoms with Crippen molar-refractivity contribution in [3.05, 3.63) is 29.9 Å². The molecule has 0 saturated heterocycles. The molecule has 2 heterocycles. The van der Waals surface area contributed by atoms with Crippen molar-refractivity contribution in [2.75, 3.05) is 0 Å². The van der Waals surface area contributed by atoms with E-state index in [1.54, 1.807) is 6.20 Å². The smallest absolute Gasteiger partial charge is 0.232 e. The van der Waals surface area contributed by atoms with Crippen LogP contribution in [0.3, 0.4) is 0 Å². The summed E-state index contributed by atoms with van der Waals surface area (Å²) in [6.07, 6.45) is 6.83. The summed E-state index contributed by atoms with van der Waals surface area (Å²) in [5, 5.41) is 13.9. The van der Waals surface area contributed by atoms with Gasteiger partial charge < -0.3 is 9.63 Å². The Labute approximate surface area is 111 Å². The van der Waals surface area contributed by atoms with Gasteiger partial charge in [-0.3, -0.25) is 4.98 Å². The van der Waals surface area contributed by atoms with Gasteiger partial charge in [0.1, 0.15) is 0 Å². The summed E-state index contributed by atoms with van der Waals surface area (Å²) in [5.41, 5.74) is 2.06. The first-order chi connectivity index (χ1) is 9.29. The van der Waals surface area contributed by atoms with E-state index in [4.69, 9.17) is 4.52 Å². The fourth-order valence-electron chi connectivity index (χ4n) is 2.65. The van der Waals surface area contributed by atoms with Gasteiger partial charge in [-0.25, -0.2) is 0 Å². The molecule has 0 aromatic carbocycles. The quantitative estimate of drug-likeness (QED) is 0.915. The molecule has 5 nitrogen and oxygen atoms in total. The third kappa shape index (κ3) is 2.26. The lowest BCUT2D eigenvalue weighted by Crippen LogP contribution is -2.11. The average Bonchev–Trinajstić information content (AvgIpc) is 3.07. The van der Waals surface area contributed by atoms with Crippen LogP contribution in [-0.4, -0.2) is 26.3 Å². The maximum absolute atomic E-state index is 9.89. The van der Waals surface area contributed by atoms with Gasteiger partial charge in [0.05, 0.1) is 12.0 Å². The molecule has 3 rings (SSSR count). The standard InChI is InChI=1S/C14H17N3O2/c1-2-9-8-15-7-6-10(9)13-16-14(19-17-13)11-4-3-5-12(11)18/h6-8,11-12,18H,2-5H2,1H3. The van der Waals surface area contributed by atoms with Gasteiger partial charge in [0.2, 0.25) is 11.7 Å². The molecule has 0 bridgehead atoms. The van der Waals surface area contributed by atoms with E-state index in [0.29, 0.717) is 11.7 Å². The molecule has 1 saturated carbocycles. The number of pyridine rings is 1. The van der Waals surface area contributed by atoms with Gasteiger partial charge in [0.15, 0.2) is 0 Å². The van der Waals surface area contributed by atoms with Crippen molar-refractivity contribution in [1.29, 1.82) is 0 Å². The largest absolute Gasteiger partial charge is 0.392 e. The predicted molar refractivity (Wildman–Crippen MR) is 69.5 cm³/mol. The minimum Gasteiger partial charge on any atom is -0.392 e. The molecule has 1 N–H and O–H groups in total. The van der Waals surface area contributed by atoms with Gasteiger partial charge in [-0.05, 0) is 37.3 Å². The molecular weight excluding hydrogens is 242 g/mol. The van der Waals surface area contributed by atoms with Gasteiger partial charge >= 0.3 is 0 Å². The van der Waals surface area contributed by atoms with Crippen molar-refractivity contribution in [1.82, 2.24) is 15.1 Å². The lowest BCUT2D eigenvalue weighted by molar-refractivity contribution is 0.148. The number of aliphatic hydroxyl groups is 1. The summed E-state index contributed by atoms with van der Waals surface area (Å²) in [6.45, 7) is 2.07. The second kappa shape index (κ2) is 5.09. The Morgan fingerprint density at radius 1 is 1.42 bits per heavy atom. The average molecular weight is 259 g/mol. The Balaban J connectivity index is 1.92. The molecule has 100 valence electrons. The summed E-state index contributed by atoms with van der Waals surface area (Å²) in [5.74, 6) is 1.14. The zero-order chi connectivity index (χ0) is 13.2. The summed E-state index contributed by atoms with van der Waals surface area (Å²) in [4.78, 5) is 8.57. The van der Waals surface area contributed by atoms with Crippen LogP contribution in [0.2, 0.25) is 0 Å². The molecule has 2 unspecified atom stereocenters. The summed E-state index contributed by atoms with van der Waals surface area (Å²) in [7, 11) is 0. The molecule has 0 aliphatic heterocycles. The van der Waals surface area contributed by atoms with Crippen molar-refractivity contribution in [3.8, 4) is 11.4 Å². The SMILES string of the molecule is CCc1cnccc1-c1noc(C2CCCC2O)n1. The number of hydrogen-bond donors (Lipinski definition) is 1. The van der Waals surface area contributed by atoms with Crippen LogP contribution in [0.4, 0.5) is 0 Å². The summed E-state index contributed by atoms with van der Waals surface area (Å²) in [6, 6.07) is 1.90. The van der Waals surface area contributed by atoms with Crippen molar-refractivity contribution in [3.63, 3.8) is 0 Å². The van der Waals surface area contributed by atoms with E-state index in [1.807, 2.05) is 12.3 Å². The number of aryl methyl sites for hydroxylation is 1. The topological polar surface area (TPSA) is 72.0 Å². The van der Waals surface area contributed by atoms with Crippen molar-refractivity contribution in [2.24, 2.45) is 0 Å². The highest BCUT2D eigenvalue weighted by Crippen LogP contribution is 2.34. The second-order valence-electron chi connectivity index (χ2n) is 4.95. The van der Waals surface area contributed by atoms with Crippen LogP contribution in [0.1, 0.15) is 43.6 Å². The Morgan fingerprint density at radius 3 is 3.05 bits per heavy atom. The van der Waals surface area contributed by atoms with E-state index in [-0.39, 0.29) is 12.0 Å². The normalized spacial score (nSPS) is 22.8. The van der Waals surface area contributed by atoms with Gasteiger partial charge in [0, 0.05) is 18.0 Å². The maximum Gasteiger partial charge on any atom is 0.232 e. The molecule has 5 heteroatoms. The fourth-order valence-corrected chi connectivity index (χ4v) is 2.65. The minimum atomic E-state index is -0.351. The highest BCUT2D eigenvalue weighted by molar-refractivity contribution is 5.58. The number of aliphatic hydroxyl groups excluding tert-OH is 1. The van der Waals surface area contributed by atoms with Gasteiger partial charge in [-0.15, -0.1) is 0 Å². The highest BCUT2D eigenvalue weighted by atomic mass is 16.5. The number of nitrogens with zero attached hydrogens (tertiary/aromatic N) is 3. The van der Waals surface area contributed by atoms with Crippen molar-refractivity contribution >= 4 is 0 Å². The van der Waals surface area contributed by atoms with Crippen LogP contribution >= 0.6 is 0 Å². The third-order valence-electron chi connectivity index (χ3n) is 3.76. The van der Waals surface area contributed by atoms with Crippen LogP contribution in [0.25, 0.3) is 11.4 Å². The van der Waals surface area contributed by atoms with E-state index < -0.39 is 0 Å². The van der Waals surface area contributed by atoms with Crippen LogP contribution in [-0.2, 0) is 6.42 Å². The van der Waals surface area contributed by atoms with Gasteiger partial charge in [-0.2, -0.15) is 4.98 Å². The summed E-state index contributed by atoms with van der Waals surface area (Å²) >= 11 is 0. The molecule has 2 aromatic rings. The monoisotopic (exact) mass is 259 g/mol. The van der Waals surface area contributed by atoms with E-state index in [0.717, 1.165) is 36.8 Å². The van der Waals surface area contributed by atoms with E-state index in [2.05, 4.69) is 22.0 Å². The first-order valence-electron chi connectivity index (χ1n) is 6.74. The van der Waals surface area contributed by atoms with Crippen LogP contribution in [0.5, 0.6) is 0 Å². The molecular formula is C14H17N3O2. The van der Waals surface area contributed by atoms with E-state index in [9.17, 15) is 5.11 Å². The van der Waals surface area contributed by atoms with Crippen molar-refractivity contribution in [2.45, 2.75) is 44.6 Å². The minimum absolute atomic E-state index is 0.00633.